The van der Waals surface area contributed by atoms with Crippen molar-refractivity contribution in [3.05, 3.63) is 40.4 Å². The van der Waals surface area contributed by atoms with Crippen LogP contribution < -0.4 is 11.3 Å². The molecule has 0 aliphatic carbocycles. The van der Waals surface area contributed by atoms with E-state index in [1.54, 1.807) is 6.07 Å². The Balaban J connectivity index is 2.19. The van der Waals surface area contributed by atoms with E-state index in [1.165, 1.54) is 0 Å². The summed E-state index contributed by atoms with van der Waals surface area (Å²) in [5, 5.41) is 0.569. The third-order valence-corrected chi connectivity index (χ3v) is 4.91. The molecule has 2 rings (SSSR count). The zero-order valence-corrected chi connectivity index (χ0v) is 16.5. The Morgan fingerprint density at radius 2 is 1.93 bits per heavy atom. The van der Waals surface area contributed by atoms with Gasteiger partial charge in [0.2, 0.25) is 5.91 Å². The predicted octanol–water partition coefficient (Wildman–Crippen LogP) is 3.52. The molecule has 1 aromatic carbocycles. The van der Waals surface area contributed by atoms with Crippen LogP contribution in [0.3, 0.4) is 0 Å². The van der Waals surface area contributed by atoms with Gasteiger partial charge in [0.15, 0.2) is 0 Å². The minimum absolute atomic E-state index is 0.124. The number of carbonyl (C=O) groups excluding carboxylic acids is 1. The molecule has 6 nitrogen and oxygen atoms in total. The first-order chi connectivity index (χ1) is 13.1. The van der Waals surface area contributed by atoms with E-state index in [2.05, 4.69) is 16.9 Å². The number of rotatable bonds is 11. The van der Waals surface area contributed by atoms with Gasteiger partial charge in [-0.15, -0.1) is 0 Å². The monoisotopic (exact) mass is 372 g/mol. The summed E-state index contributed by atoms with van der Waals surface area (Å²) in [6.07, 6.45) is 6.45. The lowest BCUT2D eigenvalue weighted by Crippen LogP contribution is -2.36. The van der Waals surface area contributed by atoms with Crippen LogP contribution in [-0.4, -0.2) is 33.9 Å². The average molecular weight is 373 g/mol. The highest BCUT2D eigenvalue weighted by molar-refractivity contribution is 5.78. The van der Waals surface area contributed by atoms with Gasteiger partial charge in [0.1, 0.15) is 5.82 Å². The van der Waals surface area contributed by atoms with Gasteiger partial charge in [-0.3, -0.25) is 9.59 Å². The summed E-state index contributed by atoms with van der Waals surface area (Å²) >= 11 is 0. The molecule has 0 saturated carbocycles. The molecule has 0 unspecified atom stereocenters. The summed E-state index contributed by atoms with van der Waals surface area (Å²) in [5.74, 6) is 0.671. The second-order valence-corrected chi connectivity index (χ2v) is 7.04. The summed E-state index contributed by atoms with van der Waals surface area (Å²) in [6.45, 7) is 5.40. The fourth-order valence-electron chi connectivity index (χ4n) is 3.24. The van der Waals surface area contributed by atoms with Crippen molar-refractivity contribution < 1.29 is 4.79 Å². The van der Waals surface area contributed by atoms with E-state index in [1.807, 2.05) is 30.0 Å². The topological polar surface area (TPSA) is 92.1 Å². The van der Waals surface area contributed by atoms with E-state index >= 15 is 0 Å². The number of nitrogens with two attached hydrogens (primary N) is 1. The van der Waals surface area contributed by atoms with E-state index in [0.717, 1.165) is 38.5 Å². The Hall–Kier alpha value is -2.21. The van der Waals surface area contributed by atoms with Gasteiger partial charge in [0.25, 0.3) is 5.56 Å². The summed E-state index contributed by atoms with van der Waals surface area (Å²) in [7, 11) is 0. The summed E-state index contributed by atoms with van der Waals surface area (Å²) in [6, 6.07) is 7.02. The molecule has 1 atom stereocenters. The number of aromatic amines is 1. The zero-order chi connectivity index (χ0) is 19.6. The number of nitrogens with zero attached hydrogens (tertiary/aromatic N) is 2. The number of amides is 1. The van der Waals surface area contributed by atoms with Gasteiger partial charge in [-0.2, -0.15) is 0 Å². The van der Waals surface area contributed by atoms with E-state index in [9.17, 15) is 9.59 Å². The maximum absolute atomic E-state index is 12.8. The SMILES string of the molecule is CCCCC(=O)N(CCCCCCN)[C@@H](C)c1nc2ccccc2c(=O)[nH]1. The maximum atomic E-state index is 12.8. The van der Waals surface area contributed by atoms with Crippen LogP contribution in [0.25, 0.3) is 10.9 Å². The largest absolute Gasteiger partial charge is 0.333 e. The van der Waals surface area contributed by atoms with Gasteiger partial charge >= 0.3 is 0 Å². The minimum Gasteiger partial charge on any atom is -0.333 e. The molecule has 0 aliphatic heterocycles. The van der Waals surface area contributed by atoms with Crippen molar-refractivity contribution in [3.8, 4) is 0 Å². The third kappa shape index (κ3) is 5.89. The molecule has 27 heavy (non-hydrogen) atoms. The normalized spacial score (nSPS) is 12.3. The molecule has 1 amide bonds. The van der Waals surface area contributed by atoms with E-state index in [4.69, 9.17) is 5.73 Å². The van der Waals surface area contributed by atoms with Gasteiger partial charge in [-0.25, -0.2) is 4.98 Å². The van der Waals surface area contributed by atoms with Crippen LogP contribution >= 0.6 is 0 Å². The van der Waals surface area contributed by atoms with Crippen LogP contribution in [0.5, 0.6) is 0 Å². The van der Waals surface area contributed by atoms with Gasteiger partial charge in [-0.1, -0.05) is 38.3 Å². The molecule has 1 heterocycles. The lowest BCUT2D eigenvalue weighted by Gasteiger charge is -2.29. The Morgan fingerprint density at radius 1 is 1.19 bits per heavy atom. The Kier molecular flexibility index (Phi) is 8.45. The molecule has 0 radical (unpaired) electrons. The van der Waals surface area contributed by atoms with Crippen molar-refractivity contribution in [2.24, 2.45) is 5.73 Å². The number of unbranched alkanes of at least 4 members (excludes halogenated alkanes) is 4. The third-order valence-electron chi connectivity index (χ3n) is 4.91. The lowest BCUT2D eigenvalue weighted by molar-refractivity contribution is -0.133. The number of hydrogen-bond donors (Lipinski definition) is 2. The zero-order valence-electron chi connectivity index (χ0n) is 16.5. The maximum Gasteiger partial charge on any atom is 0.258 e. The molecule has 2 aromatic rings. The highest BCUT2D eigenvalue weighted by Gasteiger charge is 2.23. The van der Waals surface area contributed by atoms with Crippen molar-refractivity contribution in [2.75, 3.05) is 13.1 Å². The minimum atomic E-state index is -0.263. The molecule has 0 bridgehead atoms. The van der Waals surface area contributed by atoms with Crippen molar-refractivity contribution in [1.82, 2.24) is 14.9 Å². The molecule has 148 valence electrons. The number of aromatic nitrogens is 2. The number of nitrogens with one attached hydrogen (secondary N) is 1. The Morgan fingerprint density at radius 3 is 2.67 bits per heavy atom. The van der Waals surface area contributed by atoms with Gasteiger partial charge in [0, 0.05) is 13.0 Å². The predicted molar refractivity (Wildman–Crippen MR) is 110 cm³/mol. The van der Waals surface area contributed by atoms with Crippen LogP contribution in [0.15, 0.2) is 29.1 Å². The molecule has 0 fully saturated rings. The van der Waals surface area contributed by atoms with Crippen molar-refractivity contribution in [2.45, 2.75) is 64.8 Å². The summed E-state index contributed by atoms with van der Waals surface area (Å²) in [4.78, 5) is 34.5. The first-order valence-electron chi connectivity index (χ1n) is 10.1. The summed E-state index contributed by atoms with van der Waals surface area (Å²) in [5.41, 5.74) is 6.05. The molecule has 0 saturated heterocycles. The number of benzene rings is 1. The van der Waals surface area contributed by atoms with Gasteiger partial charge < -0.3 is 15.6 Å². The molecular formula is C21H32N4O2. The Bertz CT molecular complexity index is 787. The van der Waals surface area contributed by atoms with Gasteiger partial charge in [0.05, 0.1) is 16.9 Å². The average Bonchev–Trinajstić information content (AvgIpc) is 2.68. The van der Waals surface area contributed by atoms with E-state index < -0.39 is 0 Å². The molecule has 0 aliphatic rings. The van der Waals surface area contributed by atoms with E-state index in [-0.39, 0.29) is 17.5 Å². The van der Waals surface area contributed by atoms with Crippen LogP contribution in [-0.2, 0) is 4.79 Å². The lowest BCUT2D eigenvalue weighted by atomic mass is 10.1. The first-order valence-corrected chi connectivity index (χ1v) is 10.1. The fraction of sp³-hybridized carbons (Fsp3) is 0.571. The van der Waals surface area contributed by atoms with Crippen molar-refractivity contribution in [3.63, 3.8) is 0 Å². The van der Waals surface area contributed by atoms with Crippen LogP contribution in [0.4, 0.5) is 0 Å². The molecule has 3 N–H and O–H groups in total. The Labute approximate surface area is 161 Å². The van der Waals surface area contributed by atoms with Crippen molar-refractivity contribution >= 4 is 16.8 Å². The van der Waals surface area contributed by atoms with E-state index in [0.29, 0.717) is 36.2 Å². The standard InChI is InChI=1S/C21H32N4O2/c1-3-4-13-19(26)25(15-10-6-5-9-14-22)16(2)20-23-18-12-8-7-11-17(18)21(27)24-20/h7-8,11-12,16H,3-6,9-10,13-15,22H2,1-2H3,(H,23,24,27)/t16-/m0/s1. The fourth-order valence-corrected chi connectivity index (χ4v) is 3.24. The quantitative estimate of drug-likeness (QED) is 0.590. The van der Waals surface area contributed by atoms with Crippen molar-refractivity contribution in [1.29, 1.82) is 0 Å². The number of fused-ring (bicyclic) bond motifs is 1. The molecule has 6 heteroatoms. The molecular weight excluding hydrogens is 340 g/mol. The second-order valence-electron chi connectivity index (χ2n) is 7.04. The van der Waals surface area contributed by atoms with Crippen LogP contribution in [0.1, 0.15) is 70.7 Å². The van der Waals surface area contributed by atoms with Crippen LogP contribution in [0.2, 0.25) is 0 Å². The van der Waals surface area contributed by atoms with Crippen LogP contribution in [0, 0.1) is 0 Å². The number of carbonyl (C=O) groups is 1. The highest BCUT2D eigenvalue weighted by atomic mass is 16.2. The number of hydrogen-bond acceptors (Lipinski definition) is 4. The second kappa shape index (κ2) is 10.8. The molecule has 1 aromatic heterocycles. The number of para-hydroxylation sites is 1. The highest BCUT2D eigenvalue weighted by Crippen LogP contribution is 2.20. The molecule has 0 spiro atoms. The smallest absolute Gasteiger partial charge is 0.258 e. The number of H-pyrrole nitrogens is 1. The summed E-state index contributed by atoms with van der Waals surface area (Å²) < 4.78 is 0. The first kappa shape index (κ1) is 21.1. The van der Waals surface area contributed by atoms with Gasteiger partial charge in [-0.05, 0) is 44.9 Å².